The highest BCUT2D eigenvalue weighted by atomic mass is 14.4. The van der Waals surface area contributed by atoms with Crippen LogP contribution in [-0.2, 0) is 0 Å². The summed E-state index contributed by atoms with van der Waals surface area (Å²) in [4.78, 5) is 0. The maximum atomic E-state index is 2.31. The molecule has 0 bridgehead atoms. The van der Waals surface area contributed by atoms with Crippen molar-refractivity contribution in [1.29, 1.82) is 0 Å². The largest absolute Gasteiger partial charge is 0.0622 e. The minimum atomic E-state index is 0.528. The number of fused-ring (bicyclic) bond motifs is 2. The van der Waals surface area contributed by atoms with Crippen LogP contribution in [0.5, 0.6) is 0 Å². The molecule has 2 aliphatic rings. The number of allylic oxidation sites excluding steroid dienone is 2. The second-order valence-electron chi connectivity index (χ2n) is 5.29. The van der Waals surface area contributed by atoms with E-state index in [9.17, 15) is 0 Å². The molecule has 0 nitrogen and oxygen atoms in total. The Balaban J connectivity index is 1.93. The minimum absolute atomic E-state index is 0.528. The van der Waals surface area contributed by atoms with E-state index >= 15 is 0 Å². The van der Waals surface area contributed by atoms with Crippen molar-refractivity contribution in [2.75, 3.05) is 0 Å². The van der Waals surface area contributed by atoms with Gasteiger partial charge < -0.3 is 0 Å². The number of hydrogen-bond donors (Lipinski definition) is 0. The normalized spacial score (nSPS) is 21.0. The molecule has 0 heteroatoms. The van der Waals surface area contributed by atoms with Crippen molar-refractivity contribution in [2.24, 2.45) is 0 Å². The predicted molar refractivity (Wildman–Crippen MR) is 75.5 cm³/mol. The predicted octanol–water partition coefficient (Wildman–Crippen LogP) is 4.77. The van der Waals surface area contributed by atoms with Crippen molar-refractivity contribution in [3.8, 4) is 0 Å². The smallest absolute Gasteiger partial charge is 0.0310 e. The molecule has 2 aromatic carbocycles. The molecule has 2 aliphatic carbocycles. The van der Waals surface area contributed by atoms with E-state index in [4.69, 9.17) is 0 Å². The molecular weight excluding hydrogens is 216 g/mol. The van der Waals surface area contributed by atoms with Crippen LogP contribution in [0.2, 0.25) is 0 Å². The molecular formula is C18H16. The van der Waals surface area contributed by atoms with Gasteiger partial charge in [0.25, 0.3) is 0 Å². The zero-order valence-corrected chi connectivity index (χ0v) is 10.4. The van der Waals surface area contributed by atoms with Gasteiger partial charge in [0.2, 0.25) is 0 Å². The Bertz CT molecular complexity index is 619. The first-order valence-corrected chi connectivity index (χ1v) is 6.81. The summed E-state index contributed by atoms with van der Waals surface area (Å²) in [7, 11) is 0. The van der Waals surface area contributed by atoms with Crippen LogP contribution in [0.4, 0.5) is 0 Å². The Morgan fingerprint density at radius 3 is 2.44 bits per heavy atom. The van der Waals surface area contributed by atoms with Gasteiger partial charge in [-0.2, -0.15) is 0 Å². The highest BCUT2D eigenvalue weighted by molar-refractivity contribution is 5.81. The van der Waals surface area contributed by atoms with E-state index in [1.165, 1.54) is 36.0 Å². The van der Waals surface area contributed by atoms with Gasteiger partial charge in [-0.1, -0.05) is 60.2 Å². The van der Waals surface area contributed by atoms with Crippen molar-refractivity contribution in [3.63, 3.8) is 0 Å². The standard InChI is InChI=1S/C18H16/c1-2-7-13(8-3-1)18-16-10-5-4-9-14(16)15-11-6-12-17(15)18/h1-5,7-10,18H,6,11-12H2. The third-order valence-corrected chi connectivity index (χ3v) is 4.34. The summed E-state index contributed by atoms with van der Waals surface area (Å²) < 4.78 is 0. The first kappa shape index (κ1) is 10.1. The van der Waals surface area contributed by atoms with Crippen LogP contribution < -0.4 is 0 Å². The quantitative estimate of drug-likeness (QED) is 0.664. The van der Waals surface area contributed by atoms with Crippen LogP contribution in [0.3, 0.4) is 0 Å². The molecule has 1 atom stereocenters. The molecule has 2 aromatic rings. The van der Waals surface area contributed by atoms with Crippen LogP contribution in [0.15, 0.2) is 60.2 Å². The van der Waals surface area contributed by atoms with Crippen molar-refractivity contribution >= 4 is 5.57 Å². The Kier molecular flexibility index (Phi) is 2.16. The van der Waals surface area contributed by atoms with Gasteiger partial charge in [0.05, 0.1) is 0 Å². The van der Waals surface area contributed by atoms with E-state index in [1.807, 2.05) is 0 Å². The molecule has 0 saturated carbocycles. The lowest BCUT2D eigenvalue weighted by molar-refractivity contribution is 0.834. The number of rotatable bonds is 1. The fourth-order valence-corrected chi connectivity index (χ4v) is 3.63. The van der Waals surface area contributed by atoms with Gasteiger partial charge in [0.1, 0.15) is 0 Å². The molecule has 0 saturated heterocycles. The Labute approximate surface area is 108 Å². The van der Waals surface area contributed by atoms with Crippen molar-refractivity contribution < 1.29 is 0 Å². The Morgan fingerprint density at radius 1 is 0.778 bits per heavy atom. The topological polar surface area (TPSA) is 0 Å². The third kappa shape index (κ3) is 1.32. The van der Waals surface area contributed by atoms with Gasteiger partial charge in [0.15, 0.2) is 0 Å². The average molecular weight is 232 g/mol. The summed E-state index contributed by atoms with van der Waals surface area (Å²) in [6.45, 7) is 0. The molecule has 0 aliphatic heterocycles. The van der Waals surface area contributed by atoms with Gasteiger partial charge in [-0.15, -0.1) is 0 Å². The second-order valence-corrected chi connectivity index (χ2v) is 5.29. The number of benzene rings is 2. The molecule has 88 valence electrons. The van der Waals surface area contributed by atoms with Crippen LogP contribution in [0.1, 0.15) is 41.9 Å². The summed E-state index contributed by atoms with van der Waals surface area (Å²) in [6, 6.07) is 19.9. The van der Waals surface area contributed by atoms with Crippen LogP contribution in [0.25, 0.3) is 5.57 Å². The lowest BCUT2D eigenvalue weighted by atomic mass is 9.87. The fourth-order valence-electron chi connectivity index (χ4n) is 3.63. The summed E-state index contributed by atoms with van der Waals surface area (Å²) in [5, 5.41) is 0. The Morgan fingerprint density at radius 2 is 1.56 bits per heavy atom. The lowest BCUT2D eigenvalue weighted by Crippen LogP contribution is -2.00. The molecule has 0 radical (unpaired) electrons. The molecule has 0 heterocycles. The van der Waals surface area contributed by atoms with Gasteiger partial charge in [-0.3, -0.25) is 0 Å². The zero-order valence-electron chi connectivity index (χ0n) is 10.4. The molecule has 1 unspecified atom stereocenters. The van der Waals surface area contributed by atoms with Crippen molar-refractivity contribution in [1.82, 2.24) is 0 Å². The first-order valence-electron chi connectivity index (χ1n) is 6.81. The van der Waals surface area contributed by atoms with Crippen LogP contribution in [-0.4, -0.2) is 0 Å². The van der Waals surface area contributed by atoms with Crippen molar-refractivity contribution in [2.45, 2.75) is 25.2 Å². The van der Waals surface area contributed by atoms with E-state index in [1.54, 1.807) is 11.1 Å². The summed E-state index contributed by atoms with van der Waals surface area (Å²) in [5.41, 5.74) is 7.81. The first-order chi connectivity index (χ1) is 8.95. The Hall–Kier alpha value is -1.82. The summed E-state index contributed by atoms with van der Waals surface area (Å²) in [5.74, 6) is 0.528. The van der Waals surface area contributed by atoms with Gasteiger partial charge >= 0.3 is 0 Å². The highest BCUT2D eigenvalue weighted by Crippen LogP contribution is 2.52. The summed E-state index contributed by atoms with van der Waals surface area (Å²) >= 11 is 0. The monoisotopic (exact) mass is 232 g/mol. The summed E-state index contributed by atoms with van der Waals surface area (Å²) in [6.07, 6.45) is 3.89. The van der Waals surface area contributed by atoms with E-state index in [0.29, 0.717) is 5.92 Å². The molecule has 0 aromatic heterocycles. The highest BCUT2D eigenvalue weighted by Gasteiger charge is 2.33. The molecule has 18 heavy (non-hydrogen) atoms. The van der Waals surface area contributed by atoms with Gasteiger partial charge in [-0.05, 0) is 41.5 Å². The van der Waals surface area contributed by atoms with E-state index in [-0.39, 0.29) is 0 Å². The third-order valence-electron chi connectivity index (χ3n) is 4.34. The lowest BCUT2D eigenvalue weighted by Gasteiger charge is -2.16. The van der Waals surface area contributed by atoms with Gasteiger partial charge in [-0.25, -0.2) is 0 Å². The van der Waals surface area contributed by atoms with E-state index in [2.05, 4.69) is 54.6 Å². The molecule has 0 N–H and O–H groups in total. The van der Waals surface area contributed by atoms with Crippen LogP contribution >= 0.6 is 0 Å². The molecule has 0 amide bonds. The molecule has 0 fully saturated rings. The average Bonchev–Trinajstić information content (AvgIpc) is 2.99. The fraction of sp³-hybridized carbons (Fsp3) is 0.222. The second kappa shape index (κ2) is 3.84. The van der Waals surface area contributed by atoms with Crippen molar-refractivity contribution in [3.05, 3.63) is 76.9 Å². The maximum absolute atomic E-state index is 2.31. The maximum Gasteiger partial charge on any atom is 0.0310 e. The molecule has 0 spiro atoms. The molecule has 4 rings (SSSR count). The minimum Gasteiger partial charge on any atom is -0.0622 e. The van der Waals surface area contributed by atoms with Crippen LogP contribution in [0, 0.1) is 0 Å². The van der Waals surface area contributed by atoms with E-state index < -0.39 is 0 Å². The zero-order chi connectivity index (χ0) is 11.9. The van der Waals surface area contributed by atoms with E-state index in [0.717, 1.165) is 0 Å². The number of hydrogen-bond acceptors (Lipinski definition) is 0. The van der Waals surface area contributed by atoms with Gasteiger partial charge in [0, 0.05) is 5.92 Å². The SMILES string of the molecule is c1ccc(C2C3=C(CCC3)c3ccccc32)cc1.